The van der Waals surface area contributed by atoms with Gasteiger partial charge in [-0.05, 0) is 49.9 Å². The molecule has 2 aromatic rings. The third kappa shape index (κ3) is 10.9. The van der Waals surface area contributed by atoms with E-state index in [9.17, 15) is 0 Å². The maximum Gasteiger partial charge on any atom is 0.0731 e. The van der Waals surface area contributed by atoms with Gasteiger partial charge in [0, 0.05) is 38.0 Å². The molecule has 0 radical (unpaired) electrons. The minimum Gasteiger partial charge on any atom is -0.377 e. The molecule has 24 heavy (non-hydrogen) atoms. The minimum atomic E-state index is 0.672. The van der Waals surface area contributed by atoms with Crippen LogP contribution in [0.3, 0.4) is 0 Å². The summed E-state index contributed by atoms with van der Waals surface area (Å²) in [6.07, 6.45) is 7.36. The molecule has 0 fully saturated rings. The minimum absolute atomic E-state index is 0.672. The van der Waals surface area contributed by atoms with E-state index in [1.807, 2.05) is 66.3 Å². The summed E-state index contributed by atoms with van der Waals surface area (Å²) in [7, 11) is 0. The van der Waals surface area contributed by atoms with Crippen LogP contribution in [0, 0.1) is 13.8 Å². The molecule has 0 atom stereocenters. The molecule has 134 valence electrons. The van der Waals surface area contributed by atoms with Gasteiger partial charge in [-0.15, -0.1) is 0 Å². The Morgan fingerprint density at radius 2 is 1.08 bits per heavy atom. The normalized spacial score (nSPS) is 9.42. The average Bonchev–Trinajstić information content (AvgIpc) is 2.61. The molecule has 2 heterocycles. The zero-order valence-electron chi connectivity index (χ0n) is 16.0. The van der Waals surface area contributed by atoms with E-state index >= 15 is 0 Å². The molecule has 4 heteroatoms. The van der Waals surface area contributed by atoms with Crippen molar-refractivity contribution in [3.63, 3.8) is 0 Å². The Bertz CT molecular complexity index is 495. The van der Waals surface area contributed by atoms with Gasteiger partial charge in [-0.25, -0.2) is 0 Å². The fraction of sp³-hybridized carbons (Fsp3) is 0.500. The first-order chi connectivity index (χ1) is 11.7. The Kier molecular flexibility index (Phi) is 13.7. The van der Waals surface area contributed by atoms with E-state index in [1.54, 1.807) is 0 Å². The van der Waals surface area contributed by atoms with Crippen molar-refractivity contribution in [2.45, 2.75) is 54.8 Å². The summed E-state index contributed by atoms with van der Waals surface area (Å²) in [5, 5.41) is 0. The van der Waals surface area contributed by atoms with E-state index in [0.29, 0.717) is 13.2 Å². The molecule has 0 aliphatic heterocycles. The Morgan fingerprint density at radius 1 is 0.708 bits per heavy atom. The SMILES string of the molecule is CC.CCOCc1cncc(C)c1.CCOCc1cncc(C)c1. The lowest BCUT2D eigenvalue weighted by atomic mass is 10.2. The predicted molar refractivity (Wildman–Crippen MR) is 100.0 cm³/mol. The number of pyridine rings is 2. The van der Waals surface area contributed by atoms with Crippen molar-refractivity contribution >= 4 is 0 Å². The van der Waals surface area contributed by atoms with Crippen LogP contribution in [0.2, 0.25) is 0 Å². The molecule has 0 bridgehead atoms. The van der Waals surface area contributed by atoms with Gasteiger partial charge in [-0.2, -0.15) is 0 Å². The zero-order chi connectivity index (χ0) is 18.2. The largest absolute Gasteiger partial charge is 0.377 e. The van der Waals surface area contributed by atoms with E-state index in [-0.39, 0.29) is 0 Å². The Balaban J connectivity index is 0.000000400. The van der Waals surface area contributed by atoms with Crippen LogP contribution in [-0.4, -0.2) is 23.2 Å². The molecule has 0 aliphatic carbocycles. The Hall–Kier alpha value is -1.78. The number of aryl methyl sites for hydroxylation is 2. The van der Waals surface area contributed by atoms with Crippen molar-refractivity contribution in [1.82, 2.24) is 9.97 Å². The molecule has 0 spiro atoms. The number of rotatable bonds is 6. The third-order valence-corrected chi connectivity index (χ3v) is 2.81. The summed E-state index contributed by atoms with van der Waals surface area (Å²) >= 11 is 0. The van der Waals surface area contributed by atoms with Crippen molar-refractivity contribution in [3.05, 3.63) is 59.2 Å². The maximum absolute atomic E-state index is 5.23. The van der Waals surface area contributed by atoms with Gasteiger partial charge in [0.1, 0.15) is 0 Å². The molecule has 0 saturated heterocycles. The van der Waals surface area contributed by atoms with Gasteiger partial charge in [0.15, 0.2) is 0 Å². The van der Waals surface area contributed by atoms with E-state index in [1.165, 1.54) is 11.1 Å². The fourth-order valence-electron chi connectivity index (χ4n) is 1.83. The first-order valence-corrected chi connectivity index (χ1v) is 8.62. The van der Waals surface area contributed by atoms with Crippen LogP contribution in [-0.2, 0) is 22.7 Å². The van der Waals surface area contributed by atoms with Gasteiger partial charge in [-0.3, -0.25) is 9.97 Å². The molecule has 0 amide bonds. The summed E-state index contributed by atoms with van der Waals surface area (Å²) in [5.41, 5.74) is 4.66. The third-order valence-electron chi connectivity index (χ3n) is 2.81. The molecule has 2 aromatic heterocycles. The molecular weight excluding hydrogens is 300 g/mol. The van der Waals surface area contributed by atoms with Gasteiger partial charge < -0.3 is 9.47 Å². The highest BCUT2D eigenvalue weighted by Gasteiger charge is 1.92. The maximum atomic E-state index is 5.23. The van der Waals surface area contributed by atoms with Crippen LogP contribution in [0.4, 0.5) is 0 Å². The van der Waals surface area contributed by atoms with Gasteiger partial charge in [0.2, 0.25) is 0 Å². The highest BCUT2D eigenvalue weighted by atomic mass is 16.5. The number of ether oxygens (including phenoxy) is 2. The van der Waals surface area contributed by atoms with Crippen LogP contribution in [0.1, 0.15) is 49.9 Å². The highest BCUT2D eigenvalue weighted by Crippen LogP contribution is 2.02. The molecular formula is C20H32N2O2. The number of nitrogens with zero attached hydrogens (tertiary/aromatic N) is 2. The van der Waals surface area contributed by atoms with E-state index < -0.39 is 0 Å². The van der Waals surface area contributed by atoms with Crippen molar-refractivity contribution < 1.29 is 9.47 Å². The molecule has 0 aliphatic rings. The van der Waals surface area contributed by atoms with Crippen LogP contribution in [0.5, 0.6) is 0 Å². The topological polar surface area (TPSA) is 44.2 Å². The van der Waals surface area contributed by atoms with Crippen LogP contribution >= 0.6 is 0 Å². The molecule has 0 unspecified atom stereocenters. The lowest BCUT2D eigenvalue weighted by Crippen LogP contribution is -1.92. The summed E-state index contributed by atoms with van der Waals surface area (Å²) in [6.45, 7) is 14.9. The molecule has 0 saturated carbocycles. The highest BCUT2D eigenvalue weighted by molar-refractivity contribution is 5.16. The monoisotopic (exact) mass is 332 g/mol. The van der Waals surface area contributed by atoms with Crippen molar-refractivity contribution in [3.8, 4) is 0 Å². The predicted octanol–water partition coefficient (Wildman–Crippen LogP) is 4.88. The van der Waals surface area contributed by atoms with Gasteiger partial charge in [0.05, 0.1) is 13.2 Å². The quantitative estimate of drug-likeness (QED) is 0.756. The lowest BCUT2D eigenvalue weighted by Gasteiger charge is -2.00. The second kappa shape index (κ2) is 14.8. The van der Waals surface area contributed by atoms with Crippen LogP contribution in [0.15, 0.2) is 36.9 Å². The molecule has 0 N–H and O–H groups in total. The average molecular weight is 332 g/mol. The second-order valence-electron chi connectivity index (χ2n) is 5.02. The number of aromatic nitrogens is 2. The van der Waals surface area contributed by atoms with Crippen molar-refractivity contribution in [2.75, 3.05) is 13.2 Å². The standard InChI is InChI=1S/2C9H13NO.C2H6/c2*1-3-11-7-9-4-8(2)5-10-6-9;1-2/h2*4-6H,3,7H2,1-2H3;1-2H3. The molecule has 4 nitrogen and oxygen atoms in total. The van der Waals surface area contributed by atoms with Gasteiger partial charge in [-0.1, -0.05) is 26.0 Å². The first kappa shape index (κ1) is 22.2. The van der Waals surface area contributed by atoms with E-state index in [2.05, 4.69) is 22.1 Å². The lowest BCUT2D eigenvalue weighted by molar-refractivity contribution is 0.133. The van der Waals surface area contributed by atoms with Crippen molar-refractivity contribution in [2.24, 2.45) is 0 Å². The zero-order valence-corrected chi connectivity index (χ0v) is 16.0. The number of hydrogen-bond donors (Lipinski definition) is 0. The van der Waals surface area contributed by atoms with Gasteiger partial charge >= 0.3 is 0 Å². The fourth-order valence-corrected chi connectivity index (χ4v) is 1.83. The van der Waals surface area contributed by atoms with Gasteiger partial charge in [0.25, 0.3) is 0 Å². The van der Waals surface area contributed by atoms with Crippen molar-refractivity contribution in [1.29, 1.82) is 0 Å². The summed E-state index contributed by atoms with van der Waals surface area (Å²) in [5.74, 6) is 0. The summed E-state index contributed by atoms with van der Waals surface area (Å²) < 4.78 is 10.5. The Labute approximate surface area is 147 Å². The van der Waals surface area contributed by atoms with E-state index in [4.69, 9.17) is 9.47 Å². The summed E-state index contributed by atoms with van der Waals surface area (Å²) in [6, 6.07) is 4.17. The first-order valence-electron chi connectivity index (χ1n) is 8.62. The summed E-state index contributed by atoms with van der Waals surface area (Å²) in [4.78, 5) is 8.11. The Morgan fingerprint density at radius 3 is 1.38 bits per heavy atom. The van der Waals surface area contributed by atoms with Crippen LogP contribution < -0.4 is 0 Å². The smallest absolute Gasteiger partial charge is 0.0731 e. The van der Waals surface area contributed by atoms with E-state index in [0.717, 1.165) is 24.3 Å². The molecule has 0 aromatic carbocycles. The number of hydrogen-bond acceptors (Lipinski definition) is 4. The second-order valence-corrected chi connectivity index (χ2v) is 5.02. The molecule has 2 rings (SSSR count). The van der Waals surface area contributed by atoms with Crippen LogP contribution in [0.25, 0.3) is 0 Å².